The molecule has 0 aliphatic heterocycles. The van der Waals surface area contributed by atoms with Gasteiger partial charge in [-0.1, -0.05) is 0 Å². The summed E-state index contributed by atoms with van der Waals surface area (Å²) in [6.45, 7) is 0. The smallest absolute Gasteiger partial charge is 0.193 e. The number of hydrogen-bond acceptors (Lipinski definition) is 3. The van der Waals surface area contributed by atoms with E-state index in [-0.39, 0.29) is 5.75 Å². The summed E-state index contributed by atoms with van der Waals surface area (Å²) < 4.78 is 0. The van der Waals surface area contributed by atoms with Crippen molar-refractivity contribution >= 4 is 35.3 Å². The number of rotatable bonds is 3. The van der Waals surface area contributed by atoms with Gasteiger partial charge in [-0.15, -0.1) is 35.3 Å². The molecule has 0 saturated carbocycles. The molecule has 0 aliphatic carbocycles. The largest absolute Gasteiger partial charge is 0.289 e. The number of benzene rings is 1. The Balaban J connectivity index is 3.27. The van der Waals surface area contributed by atoms with Gasteiger partial charge in [0, 0.05) is 9.79 Å². The molecule has 0 amide bonds. The van der Waals surface area contributed by atoms with Crippen LogP contribution in [0.4, 0.5) is 0 Å². The molecule has 4 heteroatoms. The summed E-state index contributed by atoms with van der Waals surface area (Å²) in [4.78, 5) is 3.18. The molecule has 0 heterocycles. The van der Waals surface area contributed by atoms with Gasteiger partial charge in [-0.3, -0.25) is 5.11 Å². The third-order valence-electron chi connectivity index (χ3n) is 1.67. The van der Waals surface area contributed by atoms with Crippen molar-refractivity contribution in [1.29, 1.82) is 0 Å². The number of thioether (sulfide) groups is 3. The maximum absolute atomic E-state index is 11.5. The lowest BCUT2D eigenvalue weighted by Crippen LogP contribution is -1.82. The topological polar surface area (TPSA) is 19.9 Å². The molecule has 0 bridgehead atoms. The second kappa shape index (κ2) is 5.08. The lowest BCUT2D eigenvalue weighted by molar-refractivity contribution is 0.341. The summed E-state index contributed by atoms with van der Waals surface area (Å²) in [6.07, 6.45) is 5.98. The molecule has 71 valence electrons. The van der Waals surface area contributed by atoms with Gasteiger partial charge in [0.05, 0.1) is 4.90 Å². The van der Waals surface area contributed by atoms with E-state index in [0.29, 0.717) is 0 Å². The normalized spacial score (nSPS) is 10.4. The van der Waals surface area contributed by atoms with Crippen LogP contribution < -0.4 is 0 Å². The second-order valence-corrected chi connectivity index (χ2v) is 4.81. The van der Waals surface area contributed by atoms with E-state index in [1.165, 1.54) is 16.7 Å². The van der Waals surface area contributed by atoms with Gasteiger partial charge in [0.25, 0.3) is 0 Å². The predicted molar refractivity (Wildman–Crippen MR) is 61.9 cm³/mol. The van der Waals surface area contributed by atoms with Crippen LogP contribution in [-0.4, -0.2) is 18.8 Å². The van der Waals surface area contributed by atoms with E-state index < -0.39 is 0 Å². The van der Waals surface area contributed by atoms with Crippen LogP contribution in [0.2, 0.25) is 0 Å². The van der Waals surface area contributed by atoms with Crippen molar-refractivity contribution in [2.75, 3.05) is 18.8 Å². The fourth-order valence-electron chi connectivity index (χ4n) is 1.07. The lowest BCUT2D eigenvalue weighted by atomic mass is 10.3. The Kier molecular flexibility index (Phi) is 4.35. The van der Waals surface area contributed by atoms with Crippen molar-refractivity contribution in [3.8, 4) is 5.75 Å². The fraction of sp³-hybridized carbons (Fsp3) is 0.333. The molecule has 1 radical (unpaired) electrons. The van der Waals surface area contributed by atoms with Crippen LogP contribution in [0.3, 0.4) is 0 Å². The van der Waals surface area contributed by atoms with E-state index in [0.717, 1.165) is 9.79 Å². The van der Waals surface area contributed by atoms with E-state index in [4.69, 9.17) is 0 Å². The van der Waals surface area contributed by atoms with Crippen LogP contribution in [0.1, 0.15) is 0 Å². The molecule has 0 aliphatic rings. The first-order valence-electron chi connectivity index (χ1n) is 3.70. The van der Waals surface area contributed by atoms with Crippen molar-refractivity contribution in [3.05, 3.63) is 12.1 Å². The van der Waals surface area contributed by atoms with E-state index >= 15 is 0 Å². The van der Waals surface area contributed by atoms with Crippen molar-refractivity contribution in [3.63, 3.8) is 0 Å². The maximum atomic E-state index is 11.5. The van der Waals surface area contributed by atoms with Crippen LogP contribution in [0.5, 0.6) is 5.75 Å². The van der Waals surface area contributed by atoms with Crippen LogP contribution in [0.25, 0.3) is 0 Å². The Labute approximate surface area is 91.7 Å². The highest BCUT2D eigenvalue weighted by molar-refractivity contribution is 8.03. The van der Waals surface area contributed by atoms with Gasteiger partial charge in [-0.2, -0.15) is 0 Å². The molecule has 1 nitrogen and oxygen atoms in total. The molecule has 1 aromatic rings. The van der Waals surface area contributed by atoms with Gasteiger partial charge >= 0.3 is 0 Å². The summed E-state index contributed by atoms with van der Waals surface area (Å²) in [6, 6.07) is 3.55. The summed E-state index contributed by atoms with van der Waals surface area (Å²) >= 11 is 4.86. The van der Waals surface area contributed by atoms with Gasteiger partial charge in [-0.05, 0) is 30.9 Å². The first-order valence-corrected chi connectivity index (χ1v) is 7.38. The first-order chi connectivity index (χ1) is 6.24. The summed E-state index contributed by atoms with van der Waals surface area (Å²) in [5.41, 5.74) is 0. The average Bonchev–Trinajstić information content (AvgIpc) is 2.17. The second-order valence-electron chi connectivity index (χ2n) is 2.33. The monoisotopic (exact) mass is 231 g/mol. The first kappa shape index (κ1) is 11.1. The quantitative estimate of drug-likeness (QED) is 0.733. The van der Waals surface area contributed by atoms with E-state index in [9.17, 15) is 5.11 Å². The molecule has 1 rings (SSSR count). The fourth-order valence-corrected chi connectivity index (χ4v) is 3.75. The molecule has 13 heavy (non-hydrogen) atoms. The third-order valence-corrected chi connectivity index (χ3v) is 4.35. The number of hydrogen-bond donors (Lipinski definition) is 0. The highest BCUT2D eigenvalue weighted by atomic mass is 32.2. The molecule has 0 spiro atoms. The van der Waals surface area contributed by atoms with Crippen molar-refractivity contribution < 1.29 is 5.11 Å². The van der Waals surface area contributed by atoms with Gasteiger partial charge in [0.15, 0.2) is 5.75 Å². The van der Waals surface area contributed by atoms with Gasteiger partial charge in [-0.25, -0.2) is 0 Å². The Morgan fingerprint density at radius 3 is 2.00 bits per heavy atom. The molecule has 0 saturated heterocycles. The third kappa shape index (κ3) is 2.30. The summed E-state index contributed by atoms with van der Waals surface area (Å²) in [7, 11) is 0. The highest BCUT2D eigenvalue weighted by Crippen LogP contribution is 2.41. The molecule has 0 unspecified atom stereocenters. The predicted octanol–water partition coefficient (Wildman–Crippen LogP) is 4.00. The minimum absolute atomic E-state index is 0.134. The highest BCUT2D eigenvalue weighted by Gasteiger charge is 2.11. The summed E-state index contributed by atoms with van der Waals surface area (Å²) in [5, 5.41) is 11.5. The van der Waals surface area contributed by atoms with Crippen molar-refractivity contribution in [2.24, 2.45) is 0 Å². The molecule has 0 atom stereocenters. The molecule has 0 N–H and O–H groups in total. The van der Waals surface area contributed by atoms with E-state index in [1.807, 2.05) is 24.8 Å². The van der Waals surface area contributed by atoms with Crippen molar-refractivity contribution in [1.82, 2.24) is 0 Å². The van der Waals surface area contributed by atoms with Gasteiger partial charge in [0.2, 0.25) is 0 Å². The van der Waals surface area contributed by atoms with E-state index in [1.54, 1.807) is 29.6 Å². The minimum atomic E-state index is 0.134. The lowest BCUT2D eigenvalue weighted by Gasteiger charge is -2.09. The van der Waals surface area contributed by atoms with Crippen LogP contribution in [-0.2, 0) is 5.11 Å². The maximum Gasteiger partial charge on any atom is 0.193 e. The van der Waals surface area contributed by atoms with Crippen molar-refractivity contribution in [2.45, 2.75) is 14.7 Å². The Bertz CT molecular complexity index is 299. The van der Waals surface area contributed by atoms with E-state index in [2.05, 4.69) is 0 Å². The Morgan fingerprint density at radius 1 is 0.923 bits per heavy atom. The summed E-state index contributed by atoms with van der Waals surface area (Å²) in [5.74, 6) is 0.134. The van der Waals surface area contributed by atoms with Crippen LogP contribution in [0.15, 0.2) is 26.8 Å². The molecule has 0 fully saturated rings. The minimum Gasteiger partial charge on any atom is -0.289 e. The van der Waals surface area contributed by atoms with Crippen LogP contribution >= 0.6 is 35.3 Å². The Morgan fingerprint density at radius 2 is 1.54 bits per heavy atom. The Hall–Kier alpha value is 0.0700. The zero-order valence-corrected chi connectivity index (χ0v) is 10.2. The van der Waals surface area contributed by atoms with Crippen LogP contribution in [0, 0.1) is 0 Å². The molecular formula is C9H11OS3. The van der Waals surface area contributed by atoms with Gasteiger partial charge < -0.3 is 0 Å². The molecule has 1 aromatic carbocycles. The average molecular weight is 231 g/mol. The zero-order chi connectivity index (χ0) is 9.84. The SMILES string of the molecule is CSc1ccc([O])c(SC)c1SC. The standard InChI is InChI=1S/C9H11OS3/c1-11-7-5-4-6(10)8(12-2)9(7)13-3/h4-5H,1-3H3. The van der Waals surface area contributed by atoms with Gasteiger partial charge in [0.1, 0.15) is 0 Å². The molecular weight excluding hydrogens is 220 g/mol. The molecule has 0 aromatic heterocycles. The zero-order valence-electron chi connectivity index (χ0n) is 7.79.